The van der Waals surface area contributed by atoms with Crippen molar-refractivity contribution in [1.29, 1.82) is 0 Å². The minimum absolute atomic E-state index is 0.536. The van der Waals surface area contributed by atoms with Gasteiger partial charge in [-0.3, -0.25) is 0 Å². The average molecular weight is 287 g/mol. The molecule has 0 bridgehead atoms. The first-order chi connectivity index (χ1) is 10.8. The van der Waals surface area contributed by atoms with E-state index in [-0.39, 0.29) is 0 Å². The van der Waals surface area contributed by atoms with E-state index in [1.54, 1.807) is 0 Å². The Bertz CT molecular complexity index is 687. The van der Waals surface area contributed by atoms with Crippen molar-refractivity contribution in [3.63, 3.8) is 0 Å². The van der Waals surface area contributed by atoms with Crippen LogP contribution in [-0.2, 0) is 6.42 Å². The van der Waals surface area contributed by atoms with E-state index in [0.29, 0.717) is 5.92 Å². The molecule has 0 aliphatic heterocycles. The summed E-state index contributed by atoms with van der Waals surface area (Å²) >= 11 is 0. The Morgan fingerprint density at radius 3 is 1.86 bits per heavy atom. The fourth-order valence-electron chi connectivity index (χ4n) is 2.67. The molecule has 0 aliphatic carbocycles. The van der Waals surface area contributed by atoms with Crippen molar-refractivity contribution in [3.05, 3.63) is 96.1 Å². The summed E-state index contributed by atoms with van der Waals surface area (Å²) < 4.78 is 0. The lowest BCUT2D eigenvalue weighted by atomic mass is 9.94. The maximum atomic E-state index is 3.42. The second-order valence-corrected chi connectivity index (χ2v) is 5.70. The Balaban J connectivity index is 1.64. The van der Waals surface area contributed by atoms with Crippen LogP contribution in [0, 0.1) is 0 Å². The zero-order valence-corrected chi connectivity index (χ0v) is 12.9. The lowest BCUT2D eigenvalue weighted by Crippen LogP contribution is -1.98. The van der Waals surface area contributed by atoms with Crippen molar-refractivity contribution in [2.24, 2.45) is 0 Å². The normalized spacial score (nSPS) is 11.9. The molecule has 0 heterocycles. The molecule has 1 heteroatoms. The molecular weight excluding hydrogens is 266 g/mol. The van der Waals surface area contributed by atoms with Crippen molar-refractivity contribution in [1.82, 2.24) is 0 Å². The summed E-state index contributed by atoms with van der Waals surface area (Å²) in [5.41, 5.74) is 5.01. The predicted molar refractivity (Wildman–Crippen MR) is 94.7 cm³/mol. The van der Waals surface area contributed by atoms with E-state index in [2.05, 4.69) is 79.0 Å². The average Bonchev–Trinajstić information content (AvgIpc) is 2.58. The van der Waals surface area contributed by atoms with Crippen LogP contribution >= 0.6 is 0 Å². The van der Waals surface area contributed by atoms with E-state index in [1.807, 2.05) is 18.2 Å². The van der Waals surface area contributed by atoms with Gasteiger partial charge in [0.25, 0.3) is 0 Å². The van der Waals surface area contributed by atoms with Crippen LogP contribution in [0.2, 0.25) is 0 Å². The third-order valence-corrected chi connectivity index (χ3v) is 3.93. The Morgan fingerprint density at radius 1 is 0.682 bits per heavy atom. The summed E-state index contributed by atoms with van der Waals surface area (Å²) in [5.74, 6) is 0.536. The van der Waals surface area contributed by atoms with E-state index in [0.717, 1.165) is 17.8 Å². The SMILES string of the molecule is CC(Cc1ccc(Nc2ccccc2)cc1)c1ccccc1. The molecule has 0 radical (unpaired) electrons. The number of rotatable bonds is 5. The minimum Gasteiger partial charge on any atom is -0.356 e. The molecular formula is C21H21N. The molecule has 3 aromatic carbocycles. The summed E-state index contributed by atoms with van der Waals surface area (Å²) in [6.45, 7) is 2.28. The number of nitrogens with one attached hydrogen (secondary N) is 1. The van der Waals surface area contributed by atoms with Crippen LogP contribution in [0.3, 0.4) is 0 Å². The minimum atomic E-state index is 0.536. The van der Waals surface area contributed by atoms with Crippen LogP contribution in [0.1, 0.15) is 24.0 Å². The van der Waals surface area contributed by atoms with Crippen LogP contribution in [0.4, 0.5) is 11.4 Å². The number of para-hydroxylation sites is 1. The van der Waals surface area contributed by atoms with Gasteiger partial charge >= 0.3 is 0 Å². The number of anilines is 2. The van der Waals surface area contributed by atoms with Crippen molar-refractivity contribution >= 4 is 11.4 Å². The van der Waals surface area contributed by atoms with Gasteiger partial charge in [-0.25, -0.2) is 0 Å². The largest absolute Gasteiger partial charge is 0.356 e. The van der Waals surface area contributed by atoms with E-state index in [4.69, 9.17) is 0 Å². The molecule has 0 saturated heterocycles. The Kier molecular flexibility index (Phi) is 4.55. The van der Waals surface area contributed by atoms with Gasteiger partial charge in [-0.15, -0.1) is 0 Å². The first-order valence-electron chi connectivity index (χ1n) is 7.77. The number of hydrogen-bond acceptors (Lipinski definition) is 1. The summed E-state index contributed by atoms with van der Waals surface area (Å²) in [6.07, 6.45) is 1.07. The standard InChI is InChI=1S/C21H21N/c1-17(19-8-4-2-5-9-19)16-18-12-14-21(15-13-18)22-20-10-6-3-7-11-20/h2-15,17,22H,16H2,1H3. The predicted octanol–water partition coefficient (Wildman–Crippen LogP) is 5.78. The highest BCUT2D eigenvalue weighted by Gasteiger charge is 2.06. The molecule has 3 aromatic rings. The maximum absolute atomic E-state index is 3.42. The number of hydrogen-bond donors (Lipinski definition) is 1. The molecule has 1 unspecified atom stereocenters. The maximum Gasteiger partial charge on any atom is 0.0384 e. The highest BCUT2D eigenvalue weighted by molar-refractivity contribution is 5.59. The lowest BCUT2D eigenvalue weighted by Gasteiger charge is -2.13. The van der Waals surface area contributed by atoms with Crippen LogP contribution in [-0.4, -0.2) is 0 Å². The molecule has 0 amide bonds. The van der Waals surface area contributed by atoms with Gasteiger partial charge in [0.1, 0.15) is 0 Å². The lowest BCUT2D eigenvalue weighted by molar-refractivity contribution is 0.759. The molecule has 110 valence electrons. The monoisotopic (exact) mass is 287 g/mol. The van der Waals surface area contributed by atoms with Crippen molar-refractivity contribution in [3.8, 4) is 0 Å². The quantitative estimate of drug-likeness (QED) is 0.627. The molecule has 1 nitrogen and oxygen atoms in total. The van der Waals surface area contributed by atoms with Gasteiger partial charge in [-0.2, -0.15) is 0 Å². The molecule has 0 aromatic heterocycles. The van der Waals surface area contributed by atoms with E-state index < -0.39 is 0 Å². The van der Waals surface area contributed by atoms with Gasteiger partial charge in [0.05, 0.1) is 0 Å². The first-order valence-corrected chi connectivity index (χ1v) is 7.77. The highest BCUT2D eigenvalue weighted by Crippen LogP contribution is 2.22. The summed E-state index contributed by atoms with van der Waals surface area (Å²) in [5, 5.41) is 3.42. The molecule has 1 atom stereocenters. The smallest absolute Gasteiger partial charge is 0.0384 e. The number of benzene rings is 3. The fraction of sp³-hybridized carbons (Fsp3) is 0.143. The summed E-state index contributed by atoms with van der Waals surface area (Å²) in [7, 11) is 0. The van der Waals surface area contributed by atoms with Crippen LogP contribution in [0.5, 0.6) is 0 Å². The van der Waals surface area contributed by atoms with Gasteiger partial charge in [0.15, 0.2) is 0 Å². The summed E-state index contributed by atoms with van der Waals surface area (Å²) in [6, 6.07) is 29.7. The molecule has 0 aliphatic rings. The van der Waals surface area contributed by atoms with Crippen LogP contribution in [0.25, 0.3) is 0 Å². The Morgan fingerprint density at radius 2 is 1.23 bits per heavy atom. The van der Waals surface area contributed by atoms with E-state index in [9.17, 15) is 0 Å². The molecule has 0 saturated carbocycles. The molecule has 3 rings (SSSR count). The topological polar surface area (TPSA) is 12.0 Å². The van der Waals surface area contributed by atoms with Crippen molar-refractivity contribution in [2.45, 2.75) is 19.3 Å². The van der Waals surface area contributed by atoms with Gasteiger partial charge in [0.2, 0.25) is 0 Å². The van der Waals surface area contributed by atoms with E-state index in [1.165, 1.54) is 11.1 Å². The molecule has 1 N–H and O–H groups in total. The van der Waals surface area contributed by atoms with Gasteiger partial charge < -0.3 is 5.32 Å². The van der Waals surface area contributed by atoms with Crippen LogP contribution < -0.4 is 5.32 Å². The summed E-state index contributed by atoms with van der Waals surface area (Å²) in [4.78, 5) is 0. The first kappa shape index (κ1) is 14.4. The molecule has 22 heavy (non-hydrogen) atoms. The second kappa shape index (κ2) is 6.95. The van der Waals surface area contributed by atoms with Gasteiger partial charge in [0, 0.05) is 11.4 Å². The molecule has 0 fully saturated rings. The fourth-order valence-corrected chi connectivity index (χ4v) is 2.67. The van der Waals surface area contributed by atoms with E-state index >= 15 is 0 Å². The molecule has 0 spiro atoms. The third-order valence-electron chi connectivity index (χ3n) is 3.93. The third kappa shape index (κ3) is 3.76. The van der Waals surface area contributed by atoms with Crippen molar-refractivity contribution in [2.75, 3.05) is 5.32 Å². The highest BCUT2D eigenvalue weighted by atomic mass is 14.9. The zero-order chi connectivity index (χ0) is 15.2. The van der Waals surface area contributed by atoms with Crippen LogP contribution in [0.15, 0.2) is 84.9 Å². The Labute approximate surface area is 132 Å². The Hall–Kier alpha value is -2.54. The zero-order valence-electron chi connectivity index (χ0n) is 12.9. The second-order valence-electron chi connectivity index (χ2n) is 5.70. The van der Waals surface area contributed by atoms with Crippen molar-refractivity contribution < 1.29 is 0 Å². The van der Waals surface area contributed by atoms with Gasteiger partial charge in [-0.05, 0) is 47.7 Å². The van der Waals surface area contributed by atoms with Gasteiger partial charge in [-0.1, -0.05) is 67.6 Å².